The highest BCUT2D eigenvalue weighted by atomic mass is 32.2. The Bertz CT molecular complexity index is 636. The quantitative estimate of drug-likeness (QED) is 0.789. The van der Waals surface area contributed by atoms with E-state index < -0.39 is 0 Å². The minimum Gasteiger partial charge on any atom is -0.355 e. The van der Waals surface area contributed by atoms with Gasteiger partial charge in [-0.2, -0.15) is 4.68 Å². The molecule has 1 aromatic heterocycles. The van der Waals surface area contributed by atoms with Crippen molar-refractivity contribution < 1.29 is 4.79 Å². The van der Waals surface area contributed by atoms with E-state index in [2.05, 4.69) is 60.7 Å². The van der Waals surface area contributed by atoms with Crippen LogP contribution in [0.3, 0.4) is 0 Å². The number of hydrogen-bond donors (Lipinski definition) is 1. The second kappa shape index (κ2) is 8.10. The molecule has 0 aliphatic carbocycles. The SMILES string of the molecule is CC(C)CNC(=O)CSc1nnnn1-c1ccc(C(C)C)cc1. The molecule has 0 saturated carbocycles. The Kier molecular flexibility index (Phi) is 6.15. The van der Waals surface area contributed by atoms with Crippen LogP contribution in [0.2, 0.25) is 0 Å². The minimum absolute atomic E-state index is 0.00611. The zero-order valence-electron chi connectivity index (χ0n) is 14.0. The molecule has 23 heavy (non-hydrogen) atoms. The van der Waals surface area contributed by atoms with Gasteiger partial charge in [-0.1, -0.05) is 51.6 Å². The van der Waals surface area contributed by atoms with E-state index in [-0.39, 0.29) is 5.91 Å². The highest BCUT2D eigenvalue weighted by Gasteiger charge is 2.12. The van der Waals surface area contributed by atoms with Gasteiger partial charge in [-0.05, 0) is 40.0 Å². The predicted octanol–water partition coefficient (Wildman–Crippen LogP) is 2.65. The third-order valence-electron chi connectivity index (χ3n) is 3.29. The fraction of sp³-hybridized carbons (Fsp3) is 0.500. The van der Waals surface area contributed by atoms with E-state index in [0.29, 0.717) is 29.3 Å². The average Bonchev–Trinajstić information content (AvgIpc) is 2.99. The Morgan fingerprint density at radius 2 is 1.91 bits per heavy atom. The second-order valence-corrected chi connectivity index (χ2v) is 7.05. The van der Waals surface area contributed by atoms with E-state index in [1.807, 2.05) is 12.1 Å². The van der Waals surface area contributed by atoms with Gasteiger partial charge in [0.25, 0.3) is 0 Å². The zero-order chi connectivity index (χ0) is 16.8. The van der Waals surface area contributed by atoms with Gasteiger partial charge in [0, 0.05) is 6.54 Å². The lowest BCUT2D eigenvalue weighted by molar-refractivity contribution is -0.118. The van der Waals surface area contributed by atoms with Crippen LogP contribution in [0.15, 0.2) is 29.4 Å². The van der Waals surface area contributed by atoms with Crippen molar-refractivity contribution in [1.29, 1.82) is 0 Å². The van der Waals surface area contributed by atoms with Gasteiger partial charge in [-0.25, -0.2) is 0 Å². The first-order valence-corrected chi connectivity index (χ1v) is 8.74. The fourth-order valence-corrected chi connectivity index (χ4v) is 2.65. The fourth-order valence-electron chi connectivity index (χ4n) is 1.93. The summed E-state index contributed by atoms with van der Waals surface area (Å²) >= 11 is 1.33. The van der Waals surface area contributed by atoms with Gasteiger partial charge >= 0.3 is 0 Å². The molecular formula is C16H23N5OS. The molecule has 0 atom stereocenters. The van der Waals surface area contributed by atoms with Crippen molar-refractivity contribution >= 4 is 17.7 Å². The molecule has 0 spiro atoms. The Labute approximate surface area is 141 Å². The molecular weight excluding hydrogens is 310 g/mol. The molecule has 0 radical (unpaired) electrons. The van der Waals surface area contributed by atoms with Gasteiger partial charge in [0.05, 0.1) is 11.4 Å². The molecule has 1 N–H and O–H groups in total. The summed E-state index contributed by atoms with van der Waals surface area (Å²) in [5, 5.41) is 15.2. The summed E-state index contributed by atoms with van der Waals surface area (Å²) in [6.45, 7) is 9.12. The van der Waals surface area contributed by atoms with Crippen molar-refractivity contribution in [2.75, 3.05) is 12.3 Å². The molecule has 0 fully saturated rings. The van der Waals surface area contributed by atoms with Crippen molar-refractivity contribution in [3.63, 3.8) is 0 Å². The third-order valence-corrected chi connectivity index (χ3v) is 4.20. The van der Waals surface area contributed by atoms with Gasteiger partial charge in [0.1, 0.15) is 0 Å². The largest absolute Gasteiger partial charge is 0.355 e. The highest BCUT2D eigenvalue weighted by Crippen LogP contribution is 2.20. The number of hydrogen-bond acceptors (Lipinski definition) is 5. The predicted molar refractivity (Wildman–Crippen MR) is 91.8 cm³/mol. The first kappa shape index (κ1) is 17.5. The lowest BCUT2D eigenvalue weighted by atomic mass is 10.0. The first-order valence-electron chi connectivity index (χ1n) is 7.75. The number of aromatic nitrogens is 4. The number of rotatable bonds is 7. The van der Waals surface area contributed by atoms with Crippen molar-refractivity contribution in [3.05, 3.63) is 29.8 Å². The van der Waals surface area contributed by atoms with Crippen LogP contribution in [0, 0.1) is 5.92 Å². The number of carbonyl (C=O) groups excluding carboxylic acids is 1. The molecule has 0 unspecified atom stereocenters. The Morgan fingerprint density at radius 1 is 1.22 bits per heavy atom. The molecule has 7 heteroatoms. The maximum atomic E-state index is 11.8. The molecule has 0 bridgehead atoms. The van der Waals surface area contributed by atoms with E-state index in [0.717, 1.165) is 5.69 Å². The number of tetrazole rings is 1. The summed E-state index contributed by atoms with van der Waals surface area (Å²) in [7, 11) is 0. The summed E-state index contributed by atoms with van der Waals surface area (Å²) in [6, 6.07) is 8.14. The number of thioether (sulfide) groups is 1. The summed E-state index contributed by atoms with van der Waals surface area (Å²) < 4.78 is 1.66. The molecule has 6 nitrogen and oxygen atoms in total. The van der Waals surface area contributed by atoms with E-state index in [1.54, 1.807) is 4.68 Å². The van der Waals surface area contributed by atoms with Crippen LogP contribution >= 0.6 is 11.8 Å². The van der Waals surface area contributed by atoms with Crippen molar-refractivity contribution in [1.82, 2.24) is 25.5 Å². The van der Waals surface area contributed by atoms with Gasteiger partial charge in [0.15, 0.2) is 0 Å². The van der Waals surface area contributed by atoms with Crippen LogP contribution < -0.4 is 5.32 Å². The number of carbonyl (C=O) groups is 1. The maximum absolute atomic E-state index is 11.8. The topological polar surface area (TPSA) is 72.7 Å². The van der Waals surface area contributed by atoms with Crippen LogP contribution in [0.25, 0.3) is 5.69 Å². The zero-order valence-corrected chi connectivity index (χ0v) is 14.8. The molecule has 1 heterocycles. The van der Waals surface area contributed by atoms with Crippen LogP contribution in [0.5, 0.6) is 0 Å². The summed E-state index contributed by atoms with van der Waals surface area (Å²) in [5.41, 5.74) is 2.16. The first-order chi connectivity index (χ1) is 11.0. The molecule has 1 amide bonds. The van der Waals surface area contributed by atoms with Crippen LogP contribution in [0.4, 0.5) is 0 Å². The molecule has 0 saturated heterocycles. The minimum atomic E-state index is -0.00611. The molecule has 0 aliphatic heterocycles. The van der Waals surface area contributed by atoms with Gasteiger partial charge < -0.3 is 5.32 Å². The number of nitrogens with zero attached hydrogens (tertiary/aromatic N) is 4. The van der Waals surface area contributed by atoms with Crippen LogP contribution in [-0.4, -0.2) is 38.4 Å². The summed E-state index contributed by atoms with van der Waals surface area (Å²) in [5.74, 6) is 1.22. The Balaban J connectivity index is 2.00. The van der Waals surface area contributed by atoms with Crippen LogP contribution in [0.1, 0.15) is 39.2 Å². The van der Waals surface area contributed by atoms with Crippen LogP contribution in [-0.2, 0) is 4.79 Å². The smallest absolute Gasteiger partial charge is 0.230 e. The monoisotopic (exact) mass is 333 g/mol. The molecule has 2 aromatic rings. The van der Waals surface area contributed by atoms with Crippen molar-refractivity contribution in [2.45, 2.75) is 38.8 Å². The van der Waals surface area contributed by atoms with Crippen molar-refractivity contribution in [2.24, 2.45) is 5.92 Å². The maximum Gasteiger partial charge on any atom is 0.230 e. The molecule has 124 valence electrons. The Hall–Kier alpha value is -1.89. The lowest BCUT2D eigenvalue weighted by Crippen LogP contribution is -2.28. The molecule has 1 aromatic carbocycles. The van der Waals surface area contributed by atoms with E-state index >= 15 is 0 Å². The summed E-state index contributed by atoms with van der Waals surface area (Å²) in [6.07, 6.45) is 0. The number of nitrogens with one attached hydrogen (secondary N) is 1. The molecule has 0 aliphatic rings. The van der Waals surface area contributed by atoms with Crippen molar-refractivity contribution in [3.8, 4) is 5.69 Å². The Morgan fingerprint density at radius 3 is 2.52 bits per heavy atom. The average molecular weight is 333 g/mol. The van der Waals surface area contributed by atoms with E-state index in [9.17, 15) is 4.79 Å². The normalized spacial score (nSPS) is 11.2. The number of benzene rings is 1. The molecule has 2 rings (SSSR count). The standard InChI is InChI=1S/C16H23N5OS/c1-11(2)9-17-15(22)10-23-16-18-19-20-21(16)14-7-5-13(6-8-14)12(3)4/h5-8,11-12H,9-10H2,1-4H3,(H,17,22). The van der Waals surface area contributed by atoms with Gasteiger partial charge in [-0.3, -0.25) is 4.79 Å². The van der Waals surface area contributed by atoms with E-state index in [4.69, 9.17) is 0 Å². The van der Waals surface area contributed by atoms with Gasteiger partial charge in [0.2, 0.25) is 11.1 Å². The highest BCUT2D eigenvalue weighted by molar-refractivity contribution is 7.99. The number of amides is 1. The summed E-state index contributed by atoms with van der Waals surface area (Å²) in [4.78, 5) is 11.8. The third kappa shape index (κ3) is 5.06. The lowest BCUT2D eigenvalue weighted by Gasteiger charge is -2.08. The second-order valence-electron chi connectivity index (χ2n) is 6.11. The van der Waals surface area contributed by atoms with Gasteiger partial charge in [-0.15, -0.1) is 5.10 Å². The van der Waals surface area contributed by atoms with E-state index in [1.165, 1.54) is 17.3 Å².